The molecule has 102 valence electrons. The predicted octanol–water partition coefficient (Wildman–Crippen LogP) is 3.29. The fourth-order valence-corrected chi connectivity index (χ4v) is 2.91. The van der Waals surface area contributed by atoms with E-state index in [1.54, 1.807) is 12.1 Å². The van der Waals surface area contributed by atoms with Crippen LogP contribution in [0.2, 0.25) is 10.3 Å². The van der Waals surface area contributed by atoms with Crippen molar-refractivity contribution < 1.29 is 0 Å². The number of hydrogen-bond acceptors (Lipinski definition) is 3. The molecular weight excluding hydrogens is 289 g/mol. The molecule has 3 nitrogen and oxygen atoms in total. The van der Waals surface area contributed by atoms with E-state index in [0.717, 1.165) is 4.90 Å². The number of aromatic nitrogens is 1. The van der Waals surface area contributed by atoms with E-state index >= 15 is 0 Å². The van der Waals surface area contributed by atoms with Crippen molar-refractivity contribution in [2.24, 2.45) is 0 Å². The van der Waals surface area contributed by atoms with Gasteiger partial charge in [0.2, 0.25) is 0 Å². The molecule has 18 heavy (non-hydrogen) atoms. The molecule has 0 bridgehead atoms. The van der Waals surface area contributed by atoms with Gasteiger partial charge in [0.15, 0.2) is 0 Å². The summed E-state index contributed by atoms with van der Waals surface area (Å²) in [5, 5.41) is 0.794. The van der Waals surface area contributed by atoms with E-state index in [-0.39, 0.29) is 10.7 Å². The monoisotopic (exact) mass is 307 g/mol. The van der Waals surface area contributed by atoms with Crippen molar-refractivity contribution >= 4 is 39.7 Å². The second-order valence-electron chi connectivity index (χ2n) is 4.05. The molecule has 1 aromatic rings. The van der Waals surface area contributed by atoms with Gasteiger partial charge in [0.05, 0.1) is 0 Å². The Hall–Kier alpha value is -0.130. The third-order valence-corrected chi connectivity index (χ3v) is 4.28. The average molecular weight is 308 g/mol. The Morgan fingerprint density at radius 2 is 1.78 bits per heavy atom. The number of likely N-dealkylation sites (tertiary alicyclic amines) is 1. The number of hydrogen-bond donors (Lipinski definition) is 1. The van der Waals surface area contributed by atoms with Crippen LogP contribution in [-0.2, 0) is 0 Å². The fraction of sp³-hybridized carbons (Fsp3) is 0.500. The molecule has 0 saturated carbocycles. The molecule has 1 unspecified atom stereocenters. The van der Waals surface area contributed by atoms with Gasteiger partial charge in [0, 0.05) is 4.90 Å². The van der Waals surface area contributed by atoms with Crippen LogP contribution in [0.25, 0.3) is 0 Å². The first-order valence-electron chi connectivity index (χ1n) is 5.76. The minimum Gasteiger partial charge on any atom is -0.306 e. The van der Waals surface area contributed by atoms with Crippen LogP contribution in [0.3, 0.4) is 0 Å². The van der Waals surface area contributed by atoms with Crippen LogP contribution in [0.5, 0.6) is 0 Å². The number of rotatable bonds is 2. The summed E-state index contributed by atoms with van der Waals surface area (Å²) in [5.41, 5.74) is 0. The first-order chi connectivity index (χ1) is 8.52. The average Bonchev–Trinajstić information content (AvgIpc) is 2.79. The minimum atomic E-state index is -0.270. The molecule has 0 radical (unpaired) electrons. The molecule has 1 aliphatic rings. The summed E-state index contributed by atoms with van der Waals surface area (Å²) in [7, 11) is 3.74. The van der Waals surface area contributed by atoms with E-state index in [2.05, 4.69) is 27.5 Å². The van der Waals surface area contributed by atoms with E-state index in [1.165, 1.54) is 25.9 Å². The zero-order valence-corrected chi connectivity index (χ0v) is 13.1. The molecular formula is C12H19Cl2N3S. The van der Waals surface area contributed by atoms with Gasteiger partial charge in [-0.2, -0.15) is 0 Å². The summed E-state index contributed by atoms with van der Waals surface area (Å²) in [6.45, 7) is 2.64. The molecule has 0 aromatic carbocycles. The summed E-state index contributed by atoms with van der Waals surface area (Å²) in [6.07, 6.45) is 2.83. The van der Waals surface area contributed by atoms with E-state index in [9.17, 15) is 0 Å². The Labute approximate surface area is 122 Å². The van der Waals surface area contributed by atoms with E-state index in [0.29, 0.717) is 10.3 Å². The molecule has 0 aliphatic carbocycles. The highest BCUT2D eigenvalue weighted by molar-refractivity contribution is 8.12. The van der Waals surface area contributed by atoms with Crippen molar-refractivity contribution in [3.63, 3.8) is 0 Å². The summed E-state index contributed by atoms with van der Waals surface area (Å²) in [6, 6.07) is 3.50. The van der Waals surface area contributed by atoms with Gasteiger partial charge in [-0.05, 0) is 52.2 Å². The highest BCUT2D eigenvalue weighted by atomic mass is 35.5. The van der Waals surface area contributed by atoms with E-state index in [1.807, 2.05) is 7.05 Å². The minimum absolute atomic E-state index is 0.270. The molecule has 1 saturated heterocycles. The molecule has 2 heterocycles. The van der Waals surface area contributed by atoms with E-state index < -0.39 is 0 Å². The molecule has 1 aromatic heterocycles. The first-order valence-corrected chi connectivity index (χ1v) is 7.91. The maximum Gasteiger partial charge on any atom is 0.131 e. The Balaban J connectivity index is 0.000000225. The van der Waals surface area contributed by atoms with Crippen molar-refractivity contribution in [3.05, 3.63) is 22.4 Å². The van der Waals surface area contributed by atoms with Crippen LogP contribution in [-0.4, -0.2) is 42.9 Å². The number of nitrogens with zero attached hydrogens (tertiary/aromatic N) is 2. The zero-order chi connectivity index (χ0) is 13.5. The van der Waals surface area contributed by atoms with Gasteiger partial charge in [0.25, 0.3) is 0 Å². The van der Waals surface area contributed by atoms with Crippen LogP contribution < -0.4 is 4.72 Å². The van der Waals surface area contributed by atoms with E-state index in [4.69, 9.17) is 23.2 Å². The van der Waals surface area contributed by atoms with Crippen LogP contribution in [0.15, 0.2) is 17.0 Å². The second-order valence-corrected chi connectivity index (χ2v) is 6.49. The summed E-state index contributed by atoms with van der Waals surface area (Å²) in [4.78, 5) is 7.15. The van der Waals surface area contributed by atoms with Crippen molar-refractivity contribution in [1.82, 2.24) is 14.6 Å². The summed E-state index contributed by atoms with van der Waals surface area (Å²) >= 11 is 11.4. The Kier molecular flexibility index (Phi) is 7.19. The lowest BCUT2D eigenvalue weighted by Gasteiger charge is -2.05. The third kappa shape index (κ3) is 5.67. The molecule has 1 fully saturated rings. The number of nitrogens with one attached hydrogen (secondary N) is 1. The number of pyridine rings is 1. The zero-order valence-electron chi connectivity index (χ0n) is 10.7. The van der Waals surface area contributed by atoms with Gasteiger partial charge >= 0.3 is 0 Å². The van der Waals surface area contributed by atoms with Gasteiger partial charge in [-0.3, -0.25) is 4.72 Å². The molecule has 2 rings (SSSR count). The SMILES string of the molecule is C=S(NC)c1cc(Cl)nc(Cl)c1.CN1CCCC1. The maximum atomic E-state index is 5.70. The molecule has 1 aliphatic heterocycles. The van der Waals surface area contributed by atoms with Crippen molar-refractivity contribution in [2.45, 2.75) is 17.7 Å². The van der Waals surface area contributed by atoms with Crippen LogP contribution >= 0.6 is 33.9 Å². The standard InChI is InChI=1S/C7H8Cl2N2S.C5H11N/c1-10-12(2)5-3-6(8)11-7(9)4-5;1-6-4-2-3-5-6/h3-4,10H,2H2,1H3;2-5H2,1H3. The Morgan fingerprint density at radius 1 is 1.28 bits per heavy atom. The lowest BCUT2D eigenvalue weighted by atomic mass is 10.4. The van der Waals surface area contributed by atoms with Crippen molar-refractivity contribution in [2.75, 3.05) is 27.2 Å². The maximum absolute atomic E-state index is 5.70. The highest BCUT2D eigenvalue weighted by Gasteiger charge is 2.03. The highest BCUT2D eigenvalue weighted by Crippen LogP contribution is 2.25. The van der Waals surface area contributed by atoms with Crippen LogP contribution in [0, 0.1) is 0 Å². The fourth-order valence-electron chi connectivity index (χ4n) is 1.58. The molecule has 1 atom stereocenters. The second kappa shape index (κ2) is 8.12. The molecule has 0 spiro atoms. The van der Waals surface area contributed by atoms with Gasteiger partial charge in [-0.15, -0.1) is 0 Å². The Morgan fingerprint density at radius 3 is 2.11 bits per heavy atom. The predicted molar refractivity (Wildman–Crippen MR) is 83.0 cm³/mol. The largest absolute Gasteiger partial charge is 0.306 e. The summed E-state index contributed by atoms with van der Waals surface area (Å²) < 4.78 is 3.01. The topological polar surface area (TPSA) is 28.2 Å². The smallest absolute Gasteiger partial charge is 0.131 e. The normalized spacial score (nSPS) is 17.1. The molecule has 0 amide bonds. The Bertz CT molecular complexity index is 386. The van der Waals surface area contributed by atoms with Crippen LogP contribution in [0.1, 0.15) is 12.8 Å². The van der Waals surface area contributed by atoms with Crippen LogP contribution in [0.4, 0.5) is 0 Å². The summed E-state index contributed by atoms with van der Waals surface area (Å²) in [5.74, 6) is 3.88. The lowest BCUT2D eigenvalue weighted by molar-refractivity contribution is 0.418. The molecule has 6 heteroatoms. The molecule has 1 N–H and O–H groups in total. The number of halogens is 2. The van der Waals surface area contributed by atoms with Gasteiger partial charge in [-0.1, -0.05) is 39.7 Å². The first kappa shape index (κ1) is 15.9. The van der Waals surface area contributed by atoms with Crippen molar-refractivity contribution in [1.29, 1.82) is 0 Å². The van der Waals surface area contributed by atoms with Gasteiger partial charge in [-0.25, -0.2) is 4.98 Å². The third-order valence-electron chi connectivity index (χ3n) is 2.60. The van der Waals surface area contributed by atoms with Gasteiger partial charge in [0.1, 0.15) is 10.3 Å². The van der Waals surface area contributed by atoms with Gasteiger partial charge < -0.3 is 4.90 Å². The quantitative estimate of drug-likeness (QED) is 0.671. The van der Waals surface area contributed by atoms with Crippen molar-refractivity contribution in [3.8, 4) is 0 Å². The lowest BCUT2D eigenvalue weighted by Crippen LogP contribution is -2.10.